The van der Waals surface area contributed by atoms with Crippen molar-refractivity contribution >= 4 is 11.9 Å². The fourth-order valence-corrected chi connectivity index (χ4v) is 2.22. The zero-order valence-electron chi connectivity index (χ0n) is 12.7. The van der Waals surface area contributed by atoms with Gasteiger partial charge in [-0.25, -0.2) is 4.79 Å². The van der Waals surface area contributed by atoms with Crippen LogP contribution < -0.4 is 25.8 Å². The van der Waals surface area contributed by atoms with E-state index in [1.165, 1.54) is 0 Å². The Morgan fingerprint density at radius 3 is 2.68 bits per heavy atom. The van der Waals surface area contributed by atoms with E-state index in [2.05, 4.69) is 10.6 Å². The molecule has 1 aliphatic heterocycles. The van der Waals surface area contributed by atoms with Crippen LogP contribution in [0.3, 0.4) is 0 Å². The van der Waals surface area contributed by atoms with E-state index in [4.69, 9.17) is 15.2 Å². The molecule has 0 bridgehead atoms. The third-order valence-electron chi connectivity index (χ3n) is 3.40. The van der Waals surface area contributed by atoms with E-state index >= 15 is 0 Å². The van der Waals surface area contributed by atoms with Gasteiger partial charge in [0.1, 0.15) is 6.04 Å². The molecular weight excluding hydrogens is 286 g/mol. The van der Waals surface area contributed by atoms with Crippen molar-refractivity contribution in [1.82, 2.24) is 10.6 Å². The van der Waals surface area contributed by atoms with Crippen LogP contribution in [0, 0.1) is 5.92 Å². The number of benzene rings is 1. The van der Waals surface area contributed by atoms with Gasteiger partial charge in [-0.05, 0) is 30.0 Å². The molecule has 1 aliphatic rings. The van der Waals surface area contributed by atoms with Crippen molar-refractivity contribution in [1.29, 1.82) is 0 Å². The number of carbonyl (C=O) groups is 2. The van der Waals surface area contributed by atoms with Crippen molar-refractivity contribution < 1.29 is 19.1 Å². The zero-order chi connectivity index (χ0) is 16.1. The molecule has 0 aliphatic carbocycles. The number of nitrogens with two attached hydrogens (primary N) is 1. The Morgan fingerprint density at radius 2 is 2.00 bits per heavy atom. The number of urea groups is 1. The maximum absolute atomic E-state index is 12.1. The van der Waals surface area contributed by atoms with Crippen molar-refractivity contribution in [3.63, 3.8) is 0 Å². The molecule has 7 heteroatoms. The minimum absolute atomic E-state index is 0.0435. The van der Waals surface area contributed by atoms with Crippen LogP contribution in [0.1, 0.15) is 19.4 Å². The Kier molecular flexibility index (Phi) is 5.08. The van der Waals surface area contributed by atoms with Gasteiger partial charge in [0.05, 0.1) is 0 Å². The summed E-state index contributed by atoms with van der Waals surface area (Å²) in [5.74, 6) is 1.17. The molecule has 1 aromatic rings. The summed E-state index contributed by atoms with van der Waals surface area (Å²) in [6.45, 7) is 4.39. The molecule has 7 nitrogen and oxygen atoms in total. The summed E-state index contributed by atoms with van der Waals surface area (Å²) in [5.41, 5.74) is 6.12. The van der Waals surface area contributed by atoms with Crippen molar-refractivity contribution in [3.8, 4) is 11.5 Å². The van der Waals surface area contributed by atoms with Gasteiger partial charge in [-0.3, -0.25) is 4.79 Å². The van der Waals surface area contributed by atoms with Gasteiger partial charge in [0, 0.05) is 6.54 Å². The first-order chi connectivity index (χ1) is 10.5. The first-order valence-corrected chi connectivity index (χ1v) is 7.19. The predicted molar refractivity (Wildman–Crippen MR) is 80.6 cm³/mol. The molecule has 4 N–H and O–H groups in total. The van der Waals surface area contributed by atoms with Crippen LogP contribution in [0.4, 0.5) is 4.79 Å². The maximum Gasteiger partial charge on any atom is 0.312 e. The molecule has 0 aromatic heterocycles. The predicted octanol–water partition coefficient (Wildman–Crippen LogP) is 0.767. The van der Waals surface area contributed by atoms with Gasteiger partial charge in [0.25, 0.3) is 0 Å². The smallest absolute Gasteiger partial charge is 0.312 e. The van der Waals surface area contributed by atoms with E-state index in [-0.39, 0.29) is 18.6 Å². The van der Waals surface area contributed by atoms with E-state index in [1.807, 2.05) is 32.0 Å². The highest BCUT2D eigenvalue weighted by Gasteiger charge is 2.22. The van der Waals surface area contributed by atoms with E-state index in [9.17, 15) is 9.59 Å². The lowest BCUT2D eigenvalue weighted by molar-refractivity contribution is -0.123. The van der Waals surface area contributed by atoms with Gasteiger partial charge in [-0.1, -0.05) is 19.9 Å². The van der Waals surface area contributed by atoms with Crippen LogP contribution in [0.5, 0.6) is 11.5 Å². The highest BCUT2D eigenvalue weighted by atomic mass is 16.7. The summed E-state index contributed by atoms with van der Waals surface area (Å²) in [4.78, 5) is 23.0. The van der Waals surface area contributed by atoms with Gasteiger partial charge in [0.15, 0.2) is 11.5 Å². The van der Waals surface area contributed by atoms with Crippen LogP contribution in [-0.2, 0) is 11.2 Å². The monoisotopic (exact) mass is 307 g/mol. The van der Waals surface area contributed by atoms with Crippen LogP contribution in [0.2, 0.25) is 0 Å². The molecule has 2 rings (SSSR count). The molecule has 0 fully saturated rings. The Hall–Kier alpha value is -2.44. The summed E-state index contributed by atoms with van der Waals surface area (Å²) < 4.78 is 10.6. The Labute approximate surface area is 129 Å². The topological polar surface area (TPSA) is 103 Å². The number of ether oxygens (including phenoxy) is 2. The standard InChI is InChI=1S/C15H21N3O4/c1-9(2)13(18-15(16)20)14(19)17-6-5-10-3-4-11-12(7-10)22-8-21-11/h3-4,7,9,13H,5-6,8H2,1-2H3,(H,17,19)(H3,16,18,20)/t13-/m0/s1. The maximum atomic E-state index is 12.1. The summed E-state index contributed by atoms with van der Waals surface area (Å²) in [7, 11) is 0. The molecule has 1 heterocycles. The molecule has 3 amide bonds. The van der Waals surface area contributed by atoms with E-state index in [1.54, 1.807) is 0 Å². The highest BCUT2D eigenvalue weighted by Crippen LogP contribution is 2.32. The molecular formula is C15H21N3O4. The first-order valence-electron chi connectivity index (χ1n) is 7.19. The number of rotatable bonds is 6. The van der Waals surface area contributed by atoms with E-state index < -0.39 is 12.1 Å². The fourth-order valence-electron chi connectivity index (χ4n) is 2.22. The normalized spacial score (nSPS) is 13.8. The largest absolute Gasteiger partial charge is 0.454 e. The molecule has 0 spiro atoms. The minimum atomic E-state index is -0.704. The van der Waals surface area contributed by atoms with Crippen LogP contribution in [0.25, 0.3) is 0 Å². The summed E-state index contributed by atoms with van der Waals surface area (Å²) in [6, 6.07) is 4.35. The minimum Gasteiger partial charge on any atom is -0.454 e. The second-order valence-corrected chi connectivity index (χ2v) is 5.46. The summed E-state index contributed by atoms with van der Waals surface area (Å²) in [5, 5.41) is 5.26. The number of nitrogens with one attached hydrogen (secondary N) is 2. The third-order valence-corrected chi connectivity index (χ3v) is 3.40. The first kappa shape index (κ1) is 15.9. The second kappa shape index (κ2) is 7.02. The van der Waals surface area contributed by atoms with Crippen LogP contribution in [-0.4, -0.2) is 31.3 Å². The second-order valence-electron chi connectivity index (χ2n) is 5.46. The average molecular weight is 307 g/mol. The number of hydrogen-bond donors (Lipinski definition) is 3. The molecule has 22 heavy (non-hydrogen) atoms. The molecule has 0 saturated carbocycles. The van der Waals surface area contributed by atoms with Crippen molar-refractivity contribution in [2.75, 3.05) is 13.3 Å². The SMILES string of the molecule is CC(C)[C@H](NC(N)=O)C(=O)NCCc1ccc2c(c1)OCO2. The Balaban J connectivity index is 1.84. The lowest BCUT2D eigenvalue weighted by atomic mass is 10.0. The average Bonchev–Trinajstić information content (AvgIpc) is 2.91. The third kappa shape index (κ3) is 4.03. The molecule has 120 valence electrons. The Bertz CT molecular complexity index is 560. The molecule has 0 saturated heterocycles. The number of primary amides is 1. The number of carbonyl (C=O) groups excluding carboxylic acids is 2. The van der Waals surface area contributed by atoms with Crippen LogP contribution >= 0.6 is 0 Å². The molecule has 1 atom stereocenters. The highest BCUT2D eigenvalue weighted by molar-refractivity contribution is 5.86. The molecule has 0 unspecified atom stereocenters. The lowest BCUT2D eigenvalue weighted by Gasteiger charge is -2.20. The lowest BCUT2D eigenvalue weighted by Crippen LogP contribution is -2.51. The molecule has 0 radical (unpaired) electrons. The summed E-state index contributed by atoms with van der Waals surface area (Å²) in [6.07, 6.45) is 0.657. The van der Waals surface area contributed by atoms with Crippen LogP contribution in [0.15, 0.2) is 18.2 Å². The van der Waals surface area contributed by atoms with Gasteiger partial charge in [-0.15, -0.1) is 0 Å². The fraction of sp³-hybridized carbons (Fsp3) is 0.467. The molecule has 1 aromatic carbocycles. The van der Waals surface area contributed by atoms with Gasteiger partial charge in [-0.2, -0.15) is 0 Å². The van der Waals surface area contributed by atoms with Crippen molar-refractivity contribution in [2.24, 2.45) is 11.7 Å². The van der Waals surface area contributed by atoms with E-state index in [0.717, 1.165) is 17.1 Å². The summed E-state index contributed by atoms with van der Waals surface area (Å²) >= 11 is 0. The quantitative estimate of drug-likeness (QED) is 0.722. The Morgan fingerprint density at radius 1 is 1.27 bits per heavy atom. The number of hydrogen-bond acceptors (Lipinski definition) is 4. The van der Waals surface area contributed by atoms with Gasteiger partial charge >= 0.3 is 6.03 Å². The van der Waals surface area contributed by atoms with Crippen molar-refractivity contribution in [3.05, 3.63) is 23.8 Å². The van der Waals surface area contributed by atoms with Gasteiger partial charge in [0.2, 0.25) is 12.7 Å². The van der Waals surface area contributed by atoms with Gasteiger partial charge < -0.3 is 25.8 Å². The number of amides is 3. The number of fused-ring (bicyclic) bond motifs is 1. The van der Waals surface area contributed by atoms with Crippen molar-refractivity contribution in [2.45, 2.75) is 26.3 Å². The van der Waals surface area contributed by atoms with E-state index in [0.29, 0.717) is 13.0 Å². The zero-order valence-corrected chi connectivity index (χ0v) is 12.7.